The van der Waals surface area contributed by atoms with Gasteiger partial charge in [0, 0.05) is 6.61 Å². The predicted molar refractivity (Wildman–Crippen MR) is 58.1 cm³/mol. The average molecular weight is 236 g/mol. The Morgan fingerprint density at radius 2 is 1.88 bits per heavy atom. The van der Waals surface area contributed by atoms with Crippen LogP contribution in [0.4, 0.5) is 0 Å². The second-order valence-electron chi connectivity index (χ2n) is 2.96. The normalized spacial score (nSPS) is 11.2. The van der Waals surface area contributed by atoms with Crippen LogP contribution in [0, 0.1) is 0 Å². The maximum atomic E-state index is 10.4. The molecule has 0 bridgehead atoms. The molecule has 96 valence electrons. The van der Waals surface area contributed by atoms with Crippen molar-refractivity contribution in [3.63, 3.8) is 0 Å². The fraction of sp³-hybridized carbons (Fsp3) is 0.778. The van der Waals surface area contributed by atoms with Crippen molar-refractivity contribution in [1.82, 2.24) is 5.32 Å². The molecule has 1 atom stereocenters. The minimum Gasteiger partial charge on any atom is -0.480 e. The van der Waals surface area contributed by atoms with E-state index in [9.17, 15) is 9.59 Å². The molecule has 0 rings (SSSR count). The van der Waals surface area contributed by atoms with E-state index >= 15 is 0 Å². The molecule has 0 saturated heterocycles. The van der Waals surface area contributed by atoms with E-state index < -0.39 is 18.0 Å². The van der Waals surface area contributed by atoms with Gasteiger partial charge in [0.1, 0.15) is 6.04 Å². The van der Waals surface area contributed by atoms with Gasteiger partial charge in [-0.15, -0.1) is 0 Å². The van der Waals surface area contributed by atoms with E-state index in [1.807, 2.05) is 6.92 Å². The number of aliphatic hydroxyl groups is 1. The Morgan fingerprint density at radius 1 is 1.38 bits per heavy atom. The molecule has 0 heterocycles. The quantitative estimate of drug-likeness (QED) is 0.377. The molecule has 0 spiro atoms. The first-order valence-electron chi connectivity index (χ1n) is 4.98. The van der Waals surface area contributed by atoms with Crippen LogP contribution in [0.15, 0.2) is 0 Å². The van der Waals surface area contributed by atoms with Crippen molar-refractivity contribution in [1.29, 1.82) is 0 Å². The zero-order valence-corrected chi connectivity index (χ0v) is 9.35. The molecule has 0 aliphatic heterocycles. The number of hydrogen-bond acceptors (Lipinski definition) is 5. The van der Waals surface area contributed by atoms with Crippen molar-refractivity contribution in [2.24, 2.45) is 5.73 Å². The Labute approximate surface area is 94.3 Å². The van der Waals surface area contributed by atoms with Crippen LogP contribution >= 0.6 is 0 Å². The molecule has 0 amide bonds. The van der Waals surface area contributed by atoms with Crippen LogP contribution in [-0.4, -0.2) is 53.0 Å². The summed E-state index contributed by atoms with van der Waals surface area (Å²) in [4.78, 5) is 19.7. The first kappa shape index (κ1) is 17.2. The Morgan fingerprint density at radius 3 is 2.12 bits per heavy atom. The highest BCUT2D eigenvalue weighted by molar-refractivity contribution is 5.73. The van der Waals surface area contributed by atoms with Crippen LogP contribution in [0.3, 0.4) is 0 Å². The molecule has 0 fully saturated rings. The molecule has 7 nitrogen and oxygen atoms in total. The lowest BCUT2D eigenvalue weighted by Crippen LogP contribution is -2.37. The molecule has 0 aliphatic rings. The van der Waals surface area contributed by atoms with Crippen LogP contribution < -0.4 is 11.1 Å². The lowest BCUT2D eigenvalue weighted by atomic mass is 10.2. The number of carboxylic acid groups (broad SMARTS) is 2. The van der Waals surface area contributed by atoms with Gasteiger partial charge in [-0.1, -0.05) is 6.92 Å². The van der Waals surface area contributed by atoms with Crippen LogP contribution in [0.5, 0.6) is 0 Å². The number of aliphatic hydroxyl groups excluding tert-OH is 1. The second kappa shape index (κ2) is 11.9. The zero-order valence-electron chi connectivity index (χ0n) is 9.35. The van der Waals surface area contributed by atoms with Gasteiger partial charge >= 0.3 is 11.9 Å². The van der Waals surface area contributed by atoms with Crippen molar-refractivity contribution in [2.75, 3.05) is 19.7 Å². The van der Waals surface area contributed by atoms with Crippen LogP contribution in [0.25, 0.3) is 0 Å². The third-order valence-electron chi connectivity index (χ3n) is 1.53. The summed E-state index contributed by atoms with van der Waals surface area (Å²) in [5.41, 5.74) is 4.57. The molecule has 0 aromatic rings. The monoisotopic (exact) mass is 236 g/mol. The first-order chi connectivity index (χ1) is 7.49. The fourth-order valence-corrected chi connectivity index (χ4v) is 0.761. The third kappa shape index (κ3) is 12.8. The average Bonchev–Trinajstić information content (AvgIpc) is 2.24. The Hall–Kier alpha value is -1.18. The van der Waals surface area contributed by atoms with Gasteiger partial charge in [-0.25, -0.2) is 0 Å². The lowest BCUT2D eigenvalue weighted by molar-refractivity contribution is -0.140. The number of carboxylic acids is 2. The molecular formula is C9H20N2O5. The SMILES string of the molecule is CCCN[C@@H](CCO)C(=O)O.NCC(=O)O. The zero-order chi connectivity index (χ0) is 13.0. The van der Waals surface area contributed by atoms with Crippen molar-refractivity contribution in [2.45, 2.75) is 25.8 Å². The number of rotatable bonds is 7. The van der Waals surface area contributed by atoms with Crippen LogP contribution in [0.2, 0.25) is 0 Å². The van der Waals surface area contributed by atoms with Gasteiger partial charge in [0.15, 0.2) is 0 Å². The maximum Gasteiger partial charge on any atom is 0.320 e. The second-order valence-corrected chi connectivity index (χ2v) is 2.96. The predicted octanol–water partition coefficient (Wildman–Crippen LogP) is -1.15. The van der Waals surface area contributed by atoms with Gasteiger partial charge in [-0.05, 0) is 19.4 Å². The summed E-state index contributed by atoms with van der Waals surface area (Å²) in [6.45, 7) is 2.27. The molecule has 16 heavy (non-hydrogen) atoms. The largest absolute Gasteiger partial charge is 0.480 e. The molecule has 0 aromatic carbocycles. The number of nitrogens with two attached hydrogens (primary N) is 1. The first-order valence-corrected chi connectivity index (χ1v) is 4.98. The standard InChI is InChI=1S/C7H15NO3.C2H5NO2/c1-2-4-8-6(3-5-9)7(10)11;3-1-2(4)5/h6,8-9H,2-5H2,1H3,(H,10,11);1,3H2,(H,4,5)/t6-;/m0./s1. The smallest absolute Gasteiger partial charge is 0.320 e. The lowest BCUT2D eigenvalue weighted by Gasteiger charge is -2.11. The fourth-order valence-electron chi connectivity index (χ4n) is 0.761. The van der Waals surface area contributed by atoms with Crippen molar-refractivity contribution in [3.05, 3.63) is 0 Å². The molecule has 0 radical (unpaired) electrons. The molecule has 0 unspecified atom stereocenters. The molecule has 7 heteroatoms. The van der Waals surface area contributed by atoms with E-state index in [0.29, 0.717) is 6.54 Å². The summed E-state index contributed by atoms with van der Waals surface area (Å²) < 4.78 is 0. The summed E-state index contributed by atoms with van der Waals surface area (Å²) in [6.07, 6.45) is 1.17. The summed E-state index contributed by atoms with van der Waals surface area (Å²) in [5.74, 6) is -1.86. The summed E-state index contributed by atoms with van der Waals surface area (Å²) in [6, 6.07) is -0.597. The van der Waals surface area contributed by atoms with E-state index in [2.05, 4.69) is 11.1 Å². The van der Waals surface area contributed by atoms with E-state index in [4.69, 9.17) is 15.3 Å². The summed E-state index contributed by atoms with van der Waals surface area (Å²) >= 11 is 0. The maximum absolute atomic E-state index is 10.4. The highest BCUT2D eigenvalue weighted by Gasteiger charge is 2.14. The number of hydrogen-bond donors (Lipinski definition) is 5. The van der Waals surface area contributed by atoms with Crippen LogP contribution in [0.1, 0.15) is 19.8 Å². The van der Waals surface area contributed by atoms with Gasteiger partial charge in [-0.3, -0.25) is 9.59 Å². The third-order valence-corrected chi connectivity index (χ3v) is 1.53. The molecule has 0 saturated carbocycles. The van der Waals surface area contributed by atoms with E-state index in [0.717, 1.165) is 6.42 Å². The molecule has 0 aliphatic carbocycles. The van der Waals surface area contributed by atoms with Crippen molar-refractivity contribution in [3.8, 4) is 0 Å². The Balaban J connectivity index is 0. The number of aliphatic carboxylic acids is 2. The van der Waals surface area contributed by atoms with E-state index in [-0.39, 0.29) is 19.6 Å². The Kier molecular flexibility index (Phi) is 12.8. The summed E-state index contributed by atoms with van der Waals surface area (Å²) in [7, 11) is 0. The summed E-state index contributed by atoms with van der Waals surface area (Å²) in [5, 5.41) is 27.4. The minimum absolute atomic E-state index is 0.0896. The van der Waals surface area contributed by atoms with E-state index in [1.165, 1.54) is 0 Å². The topological polar surface area (TPSA) is 133 Å². The highest BCUT2D eigenvalue weighted by Crippen LogP contribution is 1.90. The molecular weight excluding hydrogens is 216 g/mol. The van der Waals surface area contributed by atoms with Gasteiger partial charge in [-0.2, -0.15) is 0 Å². The number of nitrogens with one attached hydrogen (secondary N) is 1. The van der Waals surface area contributed by atoms with Crippen molar-refractivity contribution >= 4 is 11.9 Å². The van der Waals surface area contributed by atoms with Gasteiger partial charge in [0.2, 0.25) is 0 Å². The van der Waals surface area contributed by atoms with Gasteiger partial charge < -0.3 is 26.4 Å². The number of carbonyl (C=O) groups is 2. The van der Waals surface area contributed by atoms with Gasteiger partial charge in [0.25, 0.3) is 0 Å². The highest BCUT2D eigenvalue weighted by atomic mass is 16.4. The molecule has 6 N–H and O–H groups in total. The van der Waals surface area contributed by atoms with Crippen molar-refractivity contribution < 1.29 is 24.9 Å². The van der Waals surface area contributed by atoms with Crippen LogP contribution in [-0.2, 0) is 9.59 Å². The Bertz CT molecular complexity index is 198. The molecule has 0 aromatic heterocycles. The van der Waals surface area contributed by atoms with E-state index in [1.54, 1.807) is 0 Å². The minimum atomic E-state index is -0.968. The van der Waals surface area contributed by atoms with Gasteiger partial charge in [0.05, 0.1) is 6.54 Å².